The molecule has 0 aromatic carbocycles. The molecule has 2 fully saturated rings. The van der Waals surface area contributed by atoms with Crippen LogP contribution in [0, 0.1) is 10.8 Å². The summed E-state index contributed by atoms with van der Waals surface area (Å²) in [6, 6.07) is -0.0936. The van der Waals surface area contributed by atoms with Gasteiger partial charge in [-0.3, -0.25) is 4.79 Å². The predicted octanol–water partition coefficient (Wildman–Crippen LogP) is 2.46. The van der Waals surface area contributed by atoms with Crippen LogP contribution in [0.15, 0.2) is 0 Å². The molecule has 2 amide bonds. The first-order valence-corrected chi connectivity index (χ1v) is 7.73. The van der Waals surface area contributed by atoms with E-state index in [2.05, 4.69) is 12.2 Å². The second-order valence-corrected chi connectivity index (χ2v) is 6.52. The highest BCUT2D eigenvalue weighted by atomic mass is 16.4. The number of aliphatic carboxylic acids is 1. The fourth-order valence-corrected chi connectivity index (χ4v) is 3.22. The van der Waals surface area contributed by atoms with Crippen molar-refractivity contribution >= 4 is 12.0 Å². The number of carbonyl (C=O) groups excluding carboxylic acids is 1. The van der Waals surface area contributed by atoms with E-state index in [1.54, 1.807) is 4.90 Å². The summed E-state index contributed by atoms with van der Waals surface area (Å²) >= 11 is 0. The number of amides is 2. The third kappa shape index (κ3) is 2.91. The molecule has 1 aliphatic carbocycles. The quantitative estimate of drug-likeness (QED) is 0.786. The van der Waals surface area contributed by atoms with Crippen LogP contribution in [0.4, 0.5) is 4.79 Å². The van der Waals surface area contributed by atoms with Gasteiger partial charge in [0, 0.05) is 19.6 Å². The van der Waals surface area contributed by atoms with E-state index in [1.807, 2.05) is 6.92 Å². The minimum Gasteiger partial charge on any atom is -0.481 e. The van der Waals surface area contributed by atoms with Crippen molar-refractivity contribution < 1.29 is 14.7 Å². The molecule has 1 saturated heterocycles. The van der Waals surface area contributed by atoms with Crippen molar-refractivity contribution in [3.05, 3.63) is 0 Å². The lowest BCUT2D eigenvalue weighted by atomic mass is 9.83. The van der Waals surface area contributed by atoms with Gasteiger partial charge in [-0.05, 0) is 37.5 Å². The molecule has 1 saturated carbocycles. The molecule has 2 rings (SSSR count). The monoisotopic (exact) mass is 282 g/mol. The van der Waals surface area contributed by atoms with Gasteiger partial charge >= 0.3 is 12.0 Å². The number of carbonyl (C=O) groups is 2. The van der Waals surface area contributed by atoms with Gasteiger partial charge in [0.1, 0.15) is 0 Å². The lowest BCUT2D eigenvalue weighted by Crippen LogP contribution is -2.43. The largest absolute Gasteiger partial charge is 0.481 e. The highest BCUT2D eigenvalue weighted by molar-refractivity contribution is 5.79. The second kappa shape index (κ2) is 5.62. The molecule has 2 N–H and O–H groups in total. The fraction of sp³-hybridized carbons (Fsp3) is 0.867. The zero-order valence-corrected chi connectivity index (χ0v) is 12.6. The van der Waals surface area contributed by atoms with E-state index in [9.17, 15) is 14.7 Å². The van der Waals surface area contributed by atoms with Gasteiger partial charge in [-0.15, -0.1) is 0 Å². The van der Waals surface area contributed by atoms with Crippen molar-refractivity contribution in [1.29, 1.82) is 0 Å². The number of rotatable bonds is 6. The van der Waals surface area contributed by atoms with Gasteiger partial charge in [0.25, 0.3) is 0 Å². The van der Waals surface area contributed by atoms with Crippen LogP contribution in [0.2, 0.25) is 0 Å². The first-order valence-electron chi connectivity index (χ1n) is 7.73. The average Bonchev–Trinajstić information content (AvgIpc) is 3.09. The average molecular weight is 282 g/mol. The summed E-state index contributed by atoms with van der Waals surface area (Å²) in [5.41, 5.74) is -0.406. The van der Waals surface area contributed by atoms with Crippen LogP contribution in [-0.2, 0) is 4.79 Å². The van der Waals surface area contributed by atoms with Crippen LogP contribution < -0.4 is 5.32 Å². The molecule has 2 aliphatic rings. The van der Waals surface area contributed by atoms with Crippen molar-refractivity contribution in [2.24, 2.45) is 10.8 Å². The van der Waals surface area contributed by atoms with Crippen LogP contribution in [0.3, 0.4) is 0 Å². The Balaban J connectivity index is 1.88. The number of hydrogen-bond acceptors (Lipinski definition) is 2. The van der Waals surface area contributed by atoms with Crippen molar-refractivity contribution in [1.82, 2.24) is 10.2 Å². The lowest BCUT2D eigenvalue weighted by molar-refractivity contribution is -0.148. The molecule has 5 nitrogen and oxygen atoms in total. The second-order valence-electron chi connectivity index (χ2n) is 6.52. The molecule has 0 aromatic heterocycles. The Morgan fingerprint density at radius 3 is 2.45 bits per heavy atom. The van der Waals surface area contributed by atoms with Gasteiger partial charge in [0.05, 0.1) is 5.41 Å². The highest BCUT2D eigenvalue weighted by Gasteiger charge is 2.46. The number of carboxylic acids is 1. The Bertz CT molecular complexity index is 393. The van der Waals surface area contributed by atoms with E-state index >= 15 is 0 Å². The number of likely N-dealkylation sites (tertiary alicyclic amines) is 1. The number of hydrogen-bond donors (Lipinski definition) is 2. The van der Waals surface area contributed by atoms with Gasteiger partial charge in [0.2, 0.25) is 0 Å². The first-order chi connectivity index (χ1) is 9.47. The first kappa shape index (κ1) is 15.1. The molecule has 5 heteroatoms. The molecule has 0 bridgehead atoms. The molecular formula is C15H26N2O3. The summed E-state index contributed by atoms with van der Waals surface area (Å²) in [5, 5.41) is 12.4. The SMILES string of the molecule is CCCC1(C(=O)O)CCN(C(=O)NCC2(CC)CC2)C1. The van der Waals surface area contributed by atoms with Gasteiger partial charge in [-0.2, -0.15) is 0 Å². The topological polar surface area (TPSA) is 69.6 Å². The van der Waals surface area contributed by atoms with Crippen LogP contribution in [0.1, 0.15) is 52.4 Å². The number of carboxylic acid groups (broad SMARTS) is 1. The highest BCUT2D eigenvalue weighted by Crippen LogP contribution is 2.47. The van der Waals surface area contributed by atoms with Crippen molar-refractivity contribution in [3.63, 3.8) is 0 Å². The Morgan fingerprint density at radius 2 is 1.95 bits per heavy atom. The molecule has 20 heavy (non-hydrogen) atoms. The summed E-state index contributed by atoms with van der Waals surface area (Å²) in [5.74, 6) is -0.762. The van der Waals surface area contributed by atoms with Crippen molar-refractivity contribution in [2.75, 3.05) is 19.6 Å². The number of nitrogens with zero attached hydrogens (tertiary/aromatic N) is 1. The van der Waals surface area contributed by atoms with Gasteiger partial charge < -0.3 is 15.3 Å². The summed E-state index contributed by atoms with van der Waals surface area (Å²) in [7, 11) is 0. The van der Waals surface area contributed by atoms with Crippen LogP contribution >= 0.6 is 0 Å². The van der Waals surface area contributed by atoms with Crippen LogP contribution in [0.5, 0.6) is 0 Å². The summed E-state index contributed by atoms with van der Waals surface area (Å²) in [4.78, 5) is 25.3. The zero-order chi connectivity index (χ0) is 14.8. The smallest absolute Gasteiger partial charge is 0.317 e. The molecular weight excluding hydrogens is 256 g/mol. The third-order valence-electron chi connectivity index (χ3n) is 5.14. The Labute approximate surface area is 120 Å². The maximum atomic E-state index is 12.2. The minimum atomic E-state index is -0.762. The van der Waals surface area contributed by atoms with E-state index in [0.29, 0.717) is 31.3 Å². The van der Waals surface area contributed by atoms with E-state index in [-0.39, 0.29) is 6.03 Å². The van der Waals surface area contributed by atoms with Crippen molar-refractivity contribution in [2.45, 2.75) is 52.4 Å². The molecule has 0 aromatic rings. The van der Waals surface area contributed by atoms with E-state index < -0.39 is 11.4 Å². The standard InChI is InChI=1S/C15H26N2O3/c1-3-5-15(12(18)19)8-9-17(11-15)13(20)16-10-14(4-2)6-7-14/h3-11H2,1-2H3,(H,16,20)(H,18,19). The summed E-state index contributed by atoms with van der Waals surface area (Å²) in [6.07, 6.45) is 5.54. The van der Waals surface area contributed by atoms with Crippen molar-refractivity contribution in [3.8, 4) is 0 Å². The molecule has 1 unspecified atom stereocenters. The maximum Gasteiger partial charge on any atom is 0.317 e. The third-order valence-corrected chi connectivity index (χ3v) is 5.14. The summed E-state index contributed by atoms with van der Waals surface area (Å²) < 4.78 is 0. The molecule has 0 radical (unpaired) electrons. The number of urea groups is 1. The molecule has 1 heterocycles. The Morgan fingerprint density at radius 1 is 1.25 bits per heavy atom. The molecule has 1 aliphatic heterocycles. The van der Waals surface area contributed by atoms with Gasteiger partial charge in [-0.1, -0.05) is 20.3 Å². The number of nitrogens with one attached hydrogen (secondary N) is 1. The van der Waals surface area contributed by atoms with E-state index in [4.69, 9.17) is 0 Å². The van der Waals surface area contributed by atoms with E-state index in [0.717, 1.165) is 19.4 Å². The maximum absolute atomic E-state index is 12.2. The lowest BCUT2D eigenvalue weighted by Gasteiger charge is -2.25. The van der Waals surface area contributed by atoms with Gasteiger partial charge in [0.15, 0.2) is 0 Å². The normalized spacial score (nSPS) is 27.4. The summed E-state index contributed by atoms with van der Waals surface area (Å²) in [6.45, 7) is 5.78. The van der Waals surface area contributed by atoms with Crippen LogP contribution in [0.25, 0.3) is 0 Å². The molecule has 114 valence electrons. The molecule has 1 atom stereocenters. The minimum absolute atomic E-state index is 0.0936. The van der Waals surface area contributed by atoms with Crippen LogP contribution in [-0.4, -0.2) is 41.6 Å². The van der Waals surface area contributed by atoms with E-state index in [1.165, 1.54) is 12.8 Å². The van der Waals surface area contributed by atoms with Gasteiger partial charge in [-0.25, -0.2) is 4.79 Å². The Kier molecular flexibility index (Phi) is 4.25. The predicted molar refractivity (Wildman–Crippen MR) is 76.5 cm³/mol. The Hall–Kier alpha value is -1.26. The fourth-order valence-electron chi connectivity index (χ4n) is 3.22. The molecule has 0 spiro atoms. The zero-order valence-electron chi connectivity index (χ0n) is 12.6.